The topological polar surface area (TPSA) is 68.2 Å². The number of nitrogens with zero attached hydrogens (tertiary/aromatic N) is 2. The molecule has 116 valence electrons. The van der Waals surface area contributed by atoms with Gasteiger partial charge in [-0.2, -0.15) is 5.10 Å². The number of morpholine rings is 1. The van der Waals surface area contributed by atoms with Gasteiger partial charge in [-0.25, -0.2) is 4.68 Å². The van der Waals surface area contributed by atoms with Crippen LogP contribution < -0.4 is 10.6 Å². The molecule has 1 aromatic heterocycles. The fraction of sp³-hybridized carbons (Fsp3) is 0.375. The molecular formula is C16H20N4O2. The Morgan fingerprint density at radius 1 is 1.45 bits per heavy atom. The smallest absolute Gasteiger partial charge is 0.250 e. The molecule has 2 atom stereocenters. The highest BCUT2D eigenvalue weighted by Crippen LogP contribution is 2.15. The number of carbonyl (C=O) groups is 1. The minimum Gasteiger partial charge on any atom is -0.366 e. The monoisotopic (exact) mass is 300 g/mol. The molecule has 0 bridgehead atoms. The van der Waals surface area contributed by atoms with Gasteiger partial charge >= 0.3 is 0 Å². The number of hydrogen-bond acceptors (Lipinski definition) is 4. The van der Waals surface area contributed by atoms with Crippen LogP contribution in [0.4, 0.5) is 0 Å². The highest BCUT2D eigenvalue weighted by Gasteiger charge is 2.23. The molecule has 1 aliphatic rings. The van der Waals surface area contributed by atoms with E-state index in [0.29, 0.717) is 13.2 Å². The molecular weight excluding hydrogens is 280 g/mol. The van der Waals surface area contributed by atoms with Crippen LogP contribution in [0.1, 0.15) is 18.5 Å². The second-order valence-electron chi connectivity index (χ2n) is 5.34. The number of ether oxygens (including phenoxy) is 1. The lowest BCUT2D eigenvalue weighted by molar-refractivity contribution is -0.134. The quantitative estimate of drug-likeness (QED) is 0.885. The van der Waals surface area contributed by atoms with Gasteiger partial charge in [0.15, 0.2) is 0 Å². The molecule has 22 heavy (non-hydrogen) atoms. The van der Waals surface area contributed by atoms with Crippen LogP contribution in [0.5, 0.6) is 0 Å². The summed E-state index contributed by atoms with van der Waals surface area (Å²) in [7, 11) is 0. The third-order valence-corrected chi connectivity index (χ3v) is 3.74. The number of amides is 1. The maximum atomic E-state index is 12.1. The van der Waals surface area contributed by atoms with Gasteiger partial charge in [0.2, 0.25) is 0 Å². The number of rotatable bonds is 4. The van der Waals surface area contributed by atoms with Crippen LogP contribution in [-0.4, -0.2) is 41.5 Å². The Hall–Kier alpha value is -2.18. The number of nitrogens with one attached hydrogen (secondary N) is 2. The Morgan fingerprint density at radius 3 is 2.91 bits per heavy atom. The molecule has 2 aromatic rings. The van der Waals surface area contributed by atoms with Crippen molar-refractivity contribution in [3.63, 3.8) is 0 Å². The van der Waals surface area contributed by atoms with Crippen molar-refractivity contribution >= 4 is 5.91 Å². The van der Waals surface area contributed by atoms with Crippen LogP contribution in [0.3, 0.4) is 0 Å². The Kier molecular flexibility index (Phi) is 4.50. The van der Waals surface area contributed by atoms with Crippen LogP contribution in [0.2, 0.25) is 0 Å². The van der Waals surface area contributed by atoms with Gasteiger partial charge in [0, 0.05) is 25.5 Å². The van der Waals surface area contributed by atoms with Crippen LogP contribution in [0, 0.1) is 0 Å². The molecule has 1 saturated heterocycles. The molecule has 0 radical (unpaired) electrons. The molecule has 2 unspecified atom stereocenters. The molecule has 1 aliphatic heterocycles. The summed E-state index contributed by atoms with van der Waals surface area (Å²) in [5.41, 5.74) is 2.04. The van der Waals surface area contributed by atoms with Gasteiger partial charge in [-0.1, -0.05) is 12.1 Å². The van der Waals surface area contributed by atoms with Gasteiger partial charge in [-0.3, -0.25) is 4.79 Å². The van der Waals surface area contributed by atoms with E-state index in [2.05, 4.69) is 15.7 Å². The van der Waals surface area contributed by atoms with Crippen molar-refractivity contribution in [2.45, 2.75) is 19.1 Å². The summed E-state index contributed by atoms with van der Waals surface area (Å²) in [6.07, 6.45) is 3.24. The predicted molar refractivity (Wildman–Crippen MR) is 82.7 cm³/mol. The fourth-order valence-electron chi connectivity index (χ4n) is 2.46. The minimum atomic E-state index is -0.403. The van der Waals surface area contributed by atoms with E-state index in [4.69, 9.17) is 4.74 Å². The van der Waals surface area contributed by atoms with Crippen molar-refractivity contribution in [3.05, 3.63) is 48.3 Å². The molecule has 1 fully saturated rings. The second-order valence-corrected chi connectivity index (χ2v) is 5.34. The van der Waals surface area contributed by atoms with Crippen molar-refractivity contribution in [2.75, 3.05) is 19.7 Å². The summed E-state index contributed by atoms with van der Waals surface area (Å²) < 4.78 is 7.26. The van der Waals surface area contributed by atoms with E-state index in [0.717, 1.165) is 17.8 Å². The lowest BCUT2D eigenvalue weighted by atomic mass is 10.1. The van der Waals surface area contributed by atoms with Gasteiger partial charge in [-0.15, -0.1) is 0 Å². The number of carbonyl (C=O) groups excluding carboxylic acids is 1. The third kappa shape index (κ3) is 3.35. The van der Waals surface area contributed by atoms with E-state index in [1.807, 2.05) is 43.5 Å². The first kappa shape index (κ1) is 14.7. The van der Waals surface area contributed by atoms with Crippen molar-refractivity contribution in [2.24, 2.45) is 0 Å². The molecule has 3 rings (SSSR count). The van der Waals surface area contributed by atoms with E-state index in [1.165, 1.54) is 0 Å². The number of benzene rings is 1. The second kappa shape index (κ2) is 6.72. The molecule has 0 saturated carbocycles. The standard InChI is InChI=1S/C16H20N4O2/c1-12(19-16(21)15-11-17-8-10-22-15)13-3-5-14(6-4-13)20-9-2-7-18-20/h2-7,9,12,15,17H,8,10-11H2,1H3,(H,19,21). The summed E-state index contributed by atoms with van der Waals surface area (Å²) in [6, 6.07) is 9.80. The van der Waals surface area contributed by atoms with Crippen LogP contribution >= 0.6 is 0 Å². The first-order chi connectivity index (χ1) is 10.7. The first-order valence-electron chi connectivity index (χ1n) is 7.47. The highest BCUT2D eigenvalue weighted by atomic mass is 16.5. The molecule has 1 aromatic carbocycles. The van der Waals surface area contributed by atoms with Gasteiger partial charge in [-0.05, 0) is 30.7 Å². The number of hydrogen-bond donors (Lipinski definition) is 2. The highest BCUT2D eigenvalue weighted by molar-refractivity contribution is 5.81. The van der Waals surface area contributed by atoms with Gasteiger partial charge in [0.1, 0.15) is 6.10 Å². The van der Waals surface area contributed by atoms with Gasteiger partial charge in [0.05, 0.1) is 18.3 Å². The van der Waals surface area contributed by atoms with E-state index in [-0.39, 0.29) is 11.9 Å². The predicted octanol–water partition coefficient (Wildman–Crippen LogP) is 1.04. The zero-order valence-electron chi connectivity index (χ0n) is 12.5. The van der Waals surface area contributed by atoms with Crippen molar-refractivity contribution in [3.8, 4) is 5.69 Å². The average Bonchev–Trinajstić information content (AvgIpc) is 3.10. The summed E-state index contributed by atoms with van der Waals surface area (Å²) >= 11 is 0. The maximum absolute atomic E-state index is 12.1. The lowest BCUT2D eigenvalue weighted by Crippen LogP contribution is -2.48. The Morgan fingerprint density at radius 2 is 2.27 bits per heavy atom. The summed E-state index contributed by atoms with van der Waals surface area (Å²) in [5.74, 6) is -0.0733. The zero-order chi connectivity index (χ0) is 15.4. The molecule has 0 spiro atoms. The molecule has 6 heteroatoms. The molecule has 2 N–H and O–H groups in total. The Labute approximate surface area is 129 Å². The van der Waals surface area contributed by atoms with Crippen molar-refractivity contribution in [1.29, 1.82) is 0 Å². The van der Waals surface area contributed by atoms with Gasteiger partial charge in [0.25, 0.3) is 5.91 Å². The van der Waals surface area contributed by atoms with Crippen LogP contribution in [-0.2, 0) is 9.53 Å². The summed E-state index contributed by atoms with van der Waals surface area (Å²) in [4.78, 5) is 12.1. The maximum Gasteiger partial charge on any atom is 0.250 e. The Bertz CT molecular complexity index is 604. The minimum absolute atomic E-state index is 0.0651. The van der Waals surface area contributed by atoms with Crippen molar-refractivity contribution < 1.29 is 9.53 Å². The van der Waals surface area contributed by atoms with E-state index in [9.17, 15) is 4.79 Å². The van der Waals surface area contributed by atoms with E-state index >= 15 is 0 Å². The fourth-order valence-corrected chi connectivity index (χ4v) is 2.46. The van der Waals surface area contributed by atoms with Gasteiger partial charge < -0.3 is 15.4 Å². The number of aromatic nitrogens is 2. The normalized spacial score (nSPS) is 19.6. The van der Waals surface area contributed by atoms with E-state index < -0.39 is 6.10 Å². The Balaban J connectivity index is 1.62. The van der Waals surface area contributed by atoms with Crippen LogP contribution in [0.25, 0.3) is 5.69 Å². The molecule has 1 amide bonds. The SMILES string of the molecule is CC(NC(=O)C1CNCCO1)c1ccc(-n2cccn2)cc1. The summed E-state index contributed by atoms with van der Waals surface area (Å²) in [5, 5.41) is 10.3. The average molecular weight is 300 g/mol. The van der Waals surface area contributed by atoms with E-state index in [1.54, 1.807) is 10.9 Å². The lowest BCUT2D eigenvalue weighted by Gasteiger charge is -2.24. The third-order valence-electron chi connectivity index (χ3n) is 3.74. The summed E-state index contributed by atoms with van der Waals surface area (Å²) in [6.45, 7) is 3.91. The molecule has 2 heterocycles. The van der Waals surface area contributed by atoms with Crippen LogP contribution in [0.15, 0.2) is 42.7 Å². The first-order valence-corrected chi connectivity index (χ1v) is 7.47. The molecule has 0 aliphatic carbocycles. The zero-order valence-corrected chi connectivity index (χ0v) is 12.5. The largest absolute Gasteiger partial charge is 0.366 e. The van der Waals surface area contributed by atoms with Crippen molar-refractivity contribution in [1.82, 2.24) is 20.4 Å². The molecule has 6 nitrogen and oxygen atoms in total.